The van der Waals surface area contributed by atoms with E-state index in [1.807, 2.05) is 19.1 Å². The number of rotatable bonds is 4. The van der Waals surface area contributed by atoms with E-state index in [0.29, 0.717) is 24.3 Å². The highest BCUT2D eigenvalue weighted by atomic mass is 16.5. The minimum absolute atomic E-state index is 0.271. The number of hydrogen-bond acceptors (Lipinski definition) is 4. The summed E-state index contributed by atoms with van der Waals surface area (Å²) in [6.45, 7) is 1.92. The molecule has 1 saturated carbocycles. The molecule has 1 amide bonds. The average Bonchev–Trinajstić information content (AvgIpc) is 2.47. The Bertz CT molecular complexity index is 541. The summed E-state index contributed by atoms with van der Waals surface area (Å²) in [5.41, 5.74) is 1.57. The standard InChI is InChI=1S/C16H21NO4/c1-10-7-8-14(21-2)13(9-10)17-15(18)11-5-3-4-6-12(11)16(19)20/h7-9,11-12H,3-6H2,1-2H3,(H,17,18)(H,19,20)/p-1. The van der Waals surface area contributed by atoms with E-state index < -0.39 is 17.8 Å². The number of nitrogens with one attached hydrogen (secondary N) is 1. The number of ether oxygens (including phenoxy) is 1. The van der Waals surface area contributed by atoms with E-state index in [1.54, 1.807) is 6.07 Å². The number of aliphatic carboxylic acids is 1. The van der Waals surface area contributed by atoms with Crippen molar-refractivity contribution in [3.8, 4) is 5.75 Å². The summed E-state index contributed by atoms with van der Waals surface area (Å²) in [6, 6.07) is 5.48. The SMILES string of the molecule is COc1ccc(C)cc1NC(=O)C1CCCCC1C(=O)[O-]. The van der Waals surface area contributed by atoms with Crippen LogP contribution in [0.3, 0.4) is 0 Å². The fraction of sp³-hybridized carbons (Fsp3) is 0.500. The molecule has 0 saturated heterocycles. The molecule has 0 aliphatic heterocycles. The van der Waals surface area contributed by atoms with Crippen LogP contribution in [-0.2, 0) is 9.59 Å². The molecule has 1 aliphatic carbocycles. The zero-order valence-corrected chi connectivity index (χ0v) is 12.3. The zero-order valence-electron chi connectivity index (χ0n) is 12.3. The van der Waals surface area contributed by atoms with Gasteiger partial charge in [-0.1, -0.05) is 18.9 Å². The summed E-state index contributed by atoms with van der Waals surface area (Å²) in [5, 5.41) is 14.0. The number of carbonyl (C=O) groups excluding carboxylic acids is 2. The second-order valence-corrected chi connectivity index (χ2v) is 5.51. The molecular formula is C16H20NO4-. The molecule has 114 valence electrons. The van der Waals surface area contributed by atoms with Gasteiger partial charge in [0.15, 0.2) is 0 Å². The molecule has 21 heavy (non-hydrogen) atoms. The minimum atomic E-state index is -1.13. The highest BCUT2D eigenvalue weighted by Gasteiger charge is 2.32. The largest absolute Gasteiger partial charge is 0.550 e. The number of methoxy groups -OCH3 is 1. The van der Waals surface area contributed by atoms with E-state index in [-0.39, 0.29) is 5.91 Å². The van der Waals surface area contributed by atoms with E-state index >= 15 is 0 Å². The molecule has 1 aliphatic rings. The van der Waals surface area contributed by atoms with Crippen LogP contribution in [0, 0.1) is 18.8 Å². The van der Waals surface area contributed by atoms with Gasteiger partial charge in [0.2, 0.25) is 5.91 Å². The van der Waals surface area contributed by atoms with Gasteiger partial charge in [0.05, 0.1) is 12.8 Å². The Morgan fingerprint density at radius 3 is 2.52 bits per heavy atom. The third kappa shape index (κ3) is 3.54. The number of hydrogen-bond donors (Lipinski definition) is 1. The molecule has 0 bridgehead atoms. The smallest absolute Gasteiger partial charge is 0.228 e. The van der Waals surface area contributed by atoms with Crippen LogP contribution in [0.4, 0.5) is 5.69 Å². The van der Waals surface area contributed by atoms with E-state index in [1.165, 1.54) is 7.11 Å². The number of anilines is 1. The predicted molar refractivity (Wildman–Crippen MR) is 76.8 cm³/mol. The van der Waals surface area contributed by atoms with Crippen molar-refractivity contribution in [3.63, 3.8) is 0 Å². The Labute approximate surface area is 124 Å². The third-order valence-electron chi connectivity index (χ3n) is 4.02. The second-order valence-electron chi connectivity index (χ2n) is 5.51. The monoisotopic (exact) mass is 290 g/mol. The number of benzene rings is 1. The van der Waals surface area contributed by atoms with Gasteiger partial charge in [-0.3, -0.25) is 4.79 Å². The van der Waals surface area contributed by atoms with Crippen LogP contribution >= 0.6 is 0 Å². The van der Waals surface area contributed by atoms with Gasteiger partial charge in [-0.2, -0.15) is 0 Å². The molecule has 1 fully saturated rings. The van der Waals surface area contributed by atoms with Crippen molar-refractivity contribution >= 4 is 17.6 Å². The molecule has 0 heterocycles. The molecule has 1 aromatic carbocycles. The molecule has 5 nitrogen and oxygen atoms in total. The predicted octanol–water partition coefficient (Wildman–Crippen LogP) is 1.50. The lowest BCUT2D eigenvalue weighted by atomic mass is 9.78. The fourth-order valence-electron chi connectivity index (χ4n) is 2.87. The molecule has 1 aromatic rings. The normalized spacial score (nSPS) is 21.6. The molecule has 1 N–H and O–H groups in total. The van der Waals surface area contributed by atoms with Crippen molar-refractivity contribution in [2.75, 3.05) is 12.4 Å². The maximum atomic E-state index is 12.4. The lowest BCUT2D eigenvalue weighted by Crippen LogP contribution is -2.42. The van der Waals surface area contributed by atoms with Crippen molar-refractivity contribution in [2.24, 2.45) is 11.8 Å². The molecular weight excluding hydrogens is 270 g/mol. The first-order valence-electron chi connectivity index (χ1n) is 7.19. The minimum Gasteiger partial charge on any atom is -0.550 e. The number of carboxylic acid groups (broad SMARTS) is 1. The van der Waals surface area contributed by atoms with Crippen LogP contribution in [0.2, 0.25) is 0 Å². The molecule has 5 heteroatoms. The first-order chi connectivity index (χ1) is 10.0. The first-order valence-corrected chi connectivity index (χ1v) is 7.19. The van der Waals surface area contributed by atoms with Crippen molar-refractivity contribution in [1.82, 2.24) is 0 Å². The Morgan fingerprint density at radius 1 is 1.24 bits per heavy atom. The Morgan fingerprint density at radius 2 is 1.90 bits per heavy atom. The second kappa shape index (κ2) is 6.61. The molecule has 2 atom stereocenters. The number of aryl methyl sites for hydroxylation is 1. The van der Waals surface area contributed by atoms with Gasteiger partial charge < -0.3 is 20.0 Å². The Balaban J connectivity index is 2.16. The van der Waals surface area contributed by atoms with E-state index in [4.69, 9.17) is 4.74 Å². The third-order valence-corrected chi connectivity index (χ3v) is 4.02. The Kier molecular flexibility index (Phi) is 4.83. The summed E-state index contributed by atoms with van der Waals surface area (Å²) in [4.78, 5) is 23.6. The van der Waals surface area contributed by atoms with Crippen LogP contribution in [0.25, 0.3) is 0 Å². The van der Waals surface area contributed by atoms with E-state index in [9.17, 15) is 14.7 Å². The van der Waals surface area contributed by atoms with Crippen molar-refractivity contribution in [3.05, 3.63) is 23.8 Å². The molecule has 2 rings (SSSR count). The molecule has 0 radical (unpaired) electrons. The van der Waals surface area contributed by atoms with E-state index in [0.717, 1.165) is 18.4 Å². The molecule has 2 unspecified atom stereocenters. The quantitative estimate of drug-likeness (QED) is 0.911. The highest BCUT2D eigenvalue weighted by Crippen LogP contribution is 2.32. The van der Waals surface area contributed by atoms with Gasteiger partial charge >= 0.3 is 0 Å². The molecule has 0 aromatic heterocycles. The van der Waals surface area contributed by atoms with Gasteiger partial charge in [-0.05, 0) is 37.5 Å². The maximum Gasteiger partial charge on any atom is 0.228 e. The summed E-state index contributed by atoms with van der Waals surface area (Å²) < 4.78 is 5.22. The van der Waals surface area contributed by atoms with Crippen LogP contribution in [0.5, 0.6) is 5.75 Å². The van der Waals surface area contributed by atoms with Crippen LogP contribution in [0.1, 0.15) is 31.2 Å². The lowest BCUT2D eigenvalue weighted by molar-refractivity contribution is -0.313. The van der Waals surface area contributed by atoms with Gasteiger partial charge in [0.25, 0.3) is 0 Å². The number of amides is 1. The summed E-state index contributed by atoms with van der Waals surface area (Å²) in [7, 11) is 1.53. The topological polar surface area (TPSA) is 78.5 Å². The maximum absolute atomic E-state index is 12.4. The summed E-state index contributed by atoms with van der Waals surface area (Å²) in [6.07, 6.45) is 2.78. The van der Waals surface area contributed by atoms with Crippen molar-refractivity contribution in [1.29, 1.82) is 0 Å². The lowest BCUT2D eigenvalue weighted by Gasteiger charge is -2.31. The Hall–Kier alpha value is -2.04. The first kappa shape index (κ1) is 15.4. The van der Waals surface area contributed by atoms with Crippen LogP contribution < -0.4 is 15.2 Å². The van der Waals surface area contributed by atoms with Gasteiger partial charge in [0.1, 0.15) is 5.75 Å². The number of carboxylic acids is 1. The zero-order chi connectivity index (χ0) is 15.4. The fourth-order valence-corrected chi connectivity index (χ4v) is 2.87. The van der Waals surface area contributed by atoms with Gasteiger partial charge in [-0.25, -0.2) is 0 Å². The van der Waals surface area contributed by atoms with E-state index in [2.05, 4.69) is 5.32 Å². The molecule has 0 spiro atoms. The number of carbonyl (C=O) groups is 2. The van der Waals surface area contributed by atoms with Crippen LogP contribution in [-0.4, -0.2) is 19.0 Å². The average molecular weight is 290 g/mol. The van der Waals surface area contributed by atoms with Gasteiger partial charge in [0, 0.05) is 17.8 Å². The van der Waals surface area contributed by atoms with Crippen molar-refractivity contribution < 1.29 is 19.4 Å². The van der Waals surface area contributed by atoms with Crippen LogP contribution in [0.15, 0.2) is 18.2 Å². The van der Waals surface area contributed by atoms with Gasteiger partial charge in [-0.15, -0.1) is 0 Å². The van der Waals surface area contributed by atoms with Crippen molar-refractivity contribution in [2.45, 2.75) is 32.6 Å². The summed E-state index contributed by atoms with van der Waals surface area (Å²) >= 11 is 0. The summed E-state index contributed by atoms with van der Waals surface area (Å²) in [5.74, 6) is -2.07. The highest BCUT2D eigenvalue weighted by molar-refractivity contribution is 5.96.